The molecule has 1 saturated carbocycles. The van der Waals surface area contributed by atoms with E-state index in [4.69, 9.17) is 0 Å². The van der Waals surface area contributed by atoms with Crippen molar-refractivity contribution in [3.8, 4) is 0 Å². The second-order valence-corrected chi connectivity index (χ2v) is 9.87. The van der Waals surface area contributed by atoms with Crippen molar-refractivity contribution in [3.63, 3.8) is 0 Å². The van der Waals surface area contributed by atoms with Crippen LogP contribution in [0.5, 0.6) is 0 Å². The van der Waals surface area contributed by atoms with Crippen molar-refractivity contribution in [2.45, 2.75) is 45.7 Å². The van der Waals surface area contributed by atoms with E-state index < -0.39 is 0 Å². The molecule has 122 valence electrons. The van der Waals surface area contributed by atoms with Crippen LogP contribution in [-0.2, 0) is 0 Å². The summed E-state index contributed by atoms with van der Waals surface area (Å²) in [5, 5.41) is 3.11. The smallest absolute Gasteiger partial charge is 0.00955 e. The molecule has 3 rings (SSSR count). The third kappa shape index (κ3) is 3.86. The van der Waals surface area contributed by atoms with Gasteiger partial charge >= 0.3 is 0 Å². The van der Waals surface area contributed by atoms with Gasteiger partial charge in [-0.05, 0) is 54.8 Å². The molecule has 0 radical (unpaired) electrons. The second-order valence-electron chi connectivity index (χ2n) is 7.43. The van der Waals surface area contributed by atoms with Crippen LogP contribution in [0.25, 0.3) is 0 Å². The molecule has 0 aliphatic heterocycles. The molecule has 2 aromatic rings. The first-order valence-corrected chi connectivity index (χ1v) is 10.5. The number of hydrogen-bond donors (Lipinski definition) is 0. The van der Waals surface area contributed by atoms with Gasteiger partial charge in [-0.25, -0.2) is 0 Å². The first-order valence-electron chi connectivity index (χ1n) is 9.06. The van der Waals surface area contributed by atoms with E-state index in [1.807, 2.05) is 0 Å². The molecule has 0 bridgehead atoms. The standard InChI is InChI=1S/C22H29P/c1-17(2)21-15-14-18(3)16-22(21)23(19-10-6-4-7-11-19)20-12-8-5-9-13-20/h4-13,17-18,21-22H,14-16H2,1-3H3/t18-,21?,22+/m1/s1. The molecule has 1 fully saturated rings. The minimum atomic E-state index is -0.267. The highest BCUT2D eigenvalue weighted by Crippen LogP contribution is 2.51. The lowest BCUT2D eigenvalue weighted by molar-refractivity contribution is 0.242. The first-order chi connectivity index (χ1) is 11.2. The van der Waals surface area contributed by atoms with Gasteiger partial charge in [0, 0.05) is 0 Å². The Kier molecular flexibility index (Phi) is 5.54. The minimum Gasteiger partial charge on any atom is -0.0625 e. The van der Waals surface area contributed by atoms with E-state index in [0.717, 1.165) is 23.4 Å². The molecule has 0 spiro atoms. The minimum absolute atomic E-state index is 0.267. The molecular formula is C22H29P. The molecule has 0 nitrogen and oxygen atoms in total. The summed E-state index contributed by atoms with van der Waals surface area (Å²) in [7, 11) is -0.267. The highest BCUT2D eigenvalue weighted by atomic mass is 31.1. The molecule has 0 aromatic heterocycles. The number of benzene rings is 2. The molecule has 0 heterocycles. The molecule has 1 unspecified atom stereocenters. The Morgan fingerprint density at radius 1 is 0.826 bits per heavy atom. The molecule has 1 heteroatoms. The van der Waals surface area contributed by atoms with Gasteiger partial charge in [0.25, 0.3) is 0 Å². The van der Waals surface area contributed by atoms with Gasteiger partial charge in [0.1, 0.15) is 0 Å². The lowest BCUT2D eigenvalue weighted by Gasteiger charge is -2.42. The second kappa shape index (κ2) is 7.63. The van der Waals surface area contributed by atoms with E-state index in [-0.39, 0.29) is 7.92 Å². The predicted molar refractivity (Wildman–Crippen MR) is 104 cm³/mol. The molecule has 3 atom stereocenters. The van der Waals surface area contributed by atoms with Crippen LogP contribution in [0.2, 0.25) is 0 Å². The van der Waals surface area contributed by atoms with Crippen molar-refractivity contribution in [1.82, 2.24) is 0 Å². The Labute approximate surface area is 143 Å². The molecule has 1 aliphatic rings. The molecule has 2 aromatic carbocycles. The third-order valence-electron chi connectivity index (χ3n) is 5.39. The van der Waals surface area contributed by atoms with Gasteiger partial charge in [-0.15, -0.1) is 0 Å². The Hall–Kier alpha value is -1.13. The topological polar surface area (TPSA) is 0 Å². The van der Waals surface area contributed by atoms with Crippen LogP contribution in [0.3, 0.4) is 0 Å². The van der Waals surface area contributed by atoms with Gasteiger partial charge in [0.2, 0.25) is 0 Å². The summed E-state index contributed by atoms with van der Waals surface area (Å²) in [6.07, 6.45) is 4.20. The van der Waals surface area contributed by atoms with Crippen LogP contribution in [0, 0.1) is 17.8 Å². The van der Waals surface area contributed by atoms with Crippen LogP contribution in [0.15, 0.2) is 60.7 Å². The van der Waals surface area contributed by atoms with Gasteiger partial charge in [-0.1, -0.05) is 87.9 Å². The predicted octanol–water partition coefficient (Wildman–Crippen LogP) is 5.58. The Balaban J connectivity index is 2.03. The van der Waals surface area contributed by atoms with Crippen LogP contribution in [-0.4, -0.2) is 5.66 Å². The molecule has 0 saturated heterocycles. The zero-order valence-electron chi connectivity index (χ0n) is 14.7. The SMILES string of the molecule is CC(C)C1CC[C@@H](C)C[C@@H]1P(c1ccccc1)c1ccccc1. The van der Waals surface area contributed by atoms with Crippen LogP contribution < -0.4 is 10.6 Å². The van der Waals surface area contributed by atoms with Gasteiger partial charge < -0.3 is 0 Å². The summed E-state index contributed by atoms with van der Waals surface area (Å²) >= 11 is 0. The van der Waals surface area contributed by atoms with Crippen molar-refractivity contribution in [1.29, 1.82) is 0 Å². The fraction of sp³-hybridized carbons (Fsp3) is 0.455. The van der Waals surface area contributed by atoms with E-state index in [1.165, 1.54) is 19.3 Å². The van der Waals surface area contributed by atoms with Crippen molar-refractivity contribution in [2.75, 3.05) is 0 Å². The fourth-order valence-electron chi connectivity index (χ4n) is 4.16. The monoisotopic (exact) mass is 324 g/mol. The largest absolute Gasteiger partial charge is 0.0625 e. The fourth-order valence-corrected chi connectivity index (χ4v) is 7.66. The summed E-state index contributed by atoms with van der Waals surface area (Å²) < 4.78 is 0. The normalized spacial score (nSPS) is 25.0. The number of rotatable bonds is 4. The van der Waals surface area contributed by atoms with Crippen molar-refractivity contribution in [3.05, 3.63) is 60.7 Å². The average molecular weight is 324 g/mol. The summed E-state index contributed by atoms with van der Waals surface area (Å²) in [6, 6.07) is 22.6. The van der Waals surface area contributed by atoms with E-state index in [9.17, 15) is 0 Å². The number of hydrogen-bond acceptors (Lipinski definition) is 0. The molecule has 1 aliphatic carbocycles. The summed E-state index contributed by atoms with van der Waals surface area (Å²) in [4.78, 5) is 0. The summed E-state index contributed by atoms with van der Waals surface area (Å²) in [5.74, 6) is 2.51. The van der Waals surface area contributed by atoms with Gasteiger partial charge in [-0.3, -0.25) is 0 Å². The Morgan fingerprint density at radius 2 is 1.35 bits per heavy atom. The molecular weight excluding hydrogens is 295 g/mol. The van der Waals surface area contributed by atoms with Crippen LogP contribution in [0.4, 0.5) is 0 Å². The summed E-state index contributed by atoms with van der Waals surface area (Å²) in [6.45, 7) is 7.31. The maximum absolute atomic E-state index is 2.45. The first kappa shape index (κ1) is 16.7. The highest BCUT2D eigenvalue weighted by Gasteiger charge is 2.37. The lowest BCUT2D eigenvalue weighted by atomic mass is 9.77. The third-order valence-corrected chi connectivity index (χ3v) is 8.35. The molecule has 0 amide bonds. The van der Waals surface area contributed by atoms with Crippen LogP contribution >= 0.6 is 7.92 Å². The van der Waals surface area contributed by atoms with Gasteiger partial charge in [0.15, 0.2) is 0 Å². The van der Waals surface area contributed by atoms with Crippen LogP contribution in [0.1, 0.15) is 40.0 Å². The highest BCUT2D eigenvalue weighted by molar-refractivity contribution is 7.73. The zero-order valence-corrected chi connectivity index (χ0v) is 15.5. The van der Waals surface area contributed by atoms with E-state index >= 15 is 0 Å². The average Bonchev–Trinajstić information content (AvgIpc) is 2.57. The van der Waals surface area contributed by atoms with E-state index in [2.05, 4.69) is 81.4 Å². The van der Waals surface area contributed by atoms with E-state index in [0.29, 0.717) is 0 Å². The van der Waals surface area contributed by atoms with Crippen molar-refractivity contribution < 1.29 is 0 Å². The van der Waals surface area contributed by atoms with Gasteiger partial charge in [-0.2, -0.15) is 0 Å². The Bertz CT molecular complexity index is 550. The van der Waals surface area contributed by atoms with E-state index in [1.54, 1.807) is 10.6 Å². The van der Waals surface area contributed by atoms with Crippen molar-refractivity contribution >= 4 is 18.5 Å². The van der Waals surface area contributed by atoms with Gasteiger partial charge in [0.05, 0.1) is 0 Å². The summed E-state index contributed by atoms with van der Waals surface area (Å²) in [5.41, 5.74) is 0.818. The Morgan fingerprint density at radius 3 is 1.83 bits per heavy atom. The van der Waals surface area contributed by atoms with Crippen molar-refractivity contribution in [2.24, 2.45) is 17.8 Å². The maximum atomic E-state index is 2.45. The lowest BCUT2D eigenvalue weighted by Crippen LogP contribution is -2.35. The quantitative estimate of drug-likeness (QED) is 0.644. The molecule has 0 N–H and O–H groups in total. The zero-order chi connectivity index (χ0) is 16.2. The molecule has 23 heavy (non-hydrogen) atoms. The maximum Gasteiger partial charge on any atom is -0.00955 e.